The van der Waals surface area contributed by atoms with Gasteiger partial charge in [0.2, 0.25) is 10.0 Å². The van der Waals surface area contributed by atoms with Gasteiger partial charge >= 0.3 is 0 Å². The number of piperidine rings is 1. The van der Waals surface area contributed by atoms with E-state index < -0.39 is 28.9 Å². The highest BCUT2D eigenvalue weighted by atomic mass is 35.7. The molecule has 0 radical (unpaired) electrons. The van der Waals surface area contributed by atoms with E-state index in [0.717, 1.165) is 43.5 Å². The van der Waals surface area contributed by atoms with Crippen molar-refractivity contribution in [2.24, 2.45) is 0 Å². The van der Waals surface area contributed by atoms with Crippen LogP contribution in [0.3, 0.4) is 0 Å². The van der Waals surface area contributed by atoms with E-state index >= 15 is 0 Å². The third-order valence-corrected chi connectivity index (χ3v) is 7.61. The zero-order valence-corrected chi connectivity index (χ0v) is 18.3. The first-order chi connectivity index (χ1) is 14.4. The molecule has 0 aliphatic carbocycles. The van der Waals surface area contributed by atoms with Crippen LogP contribution in [0, 0.1) is 20.2 Å². The van der Waals surface area contributed by atoms with Gasteiger partial charge in [-0.05, 0) is 37.1 Å². The molecule has 0 atom stereocenters. The van der Waals surface area contributed by atoms with Gasteiger partial charge in [0.25, 0.3) is 20.4 Å². The highest BCUT2D eigenvalue weighted by molar-refractivity contribution is 8.13. The van der Waals surface area contributed by atoms with Crippen molar-refractivity contribution in [3.8, 4) is 0 Å². The predicted molar refractivity (Wildman–Crippen MR) is 112 cm³/mol. The fraction of sp³-hybridized carbons (Fsp3) is 0.294. The number of nitrogens with zero attached hydrogens (tertiary/aromatic N) is 3. The summed E-state index contributed by atoms with van der Waals surface area (Å²) in [5.74, 6) is 0. The zero-order chi connectivity index (χ0) is 23.2. The Morgan fingerprint density at radius 2 is 1.10 bits per heavy atom. The quantitative estimate of drug-likeness (QED) is 0.350. The number of halogens is 1. The molecule has 0 aromatic heterocycles. The second-order valence-corrected chi connectivity index (χ2v) is 10.9. The first kappa shape index (κ1) is 24.7. The Morgan fingerprint density at radius 1 is 0.710 bits per heavy atom. The summed E-state index contributed by atoms with van der Waals surface area (Å²) in [7, 11) is -2.30. The largest absolute Gasteiger partial charge is 0.269 e. The van der Waals surface area contributed by atoms with E-state index in [9.17, 15) is 37.1 Å². The molecule has 1 heterocycles. The molecule has 3 rings (SSSR count). The van der Waals surface area contributed by atoms with E-state index in [4.69, 9.17) is 10.7 Å². The average Bonchev–Trinajstić information content (AvgIpc) is 2.74. The number of hydrogen-bond donors (Lipinski definition) is 0. The van der Waals surface area contributed by atoms with Crippen LogP contribution in [0.4, 0.5) is 11.4 Å². The van der Waals surface area contributed by atoms with Crippen molar-refractivity contribution in [3.05, 3.63) is 68.8 Å². The Balaban J connectivity index is 0.000000233. The van der Waals surface area contributed by atoms with Crippen LogP contribution in [-0.4, -0.2) is 44.1 Å². The molecule has 1 aliphatic rings. The Labute approximate surface area is 183 Å². The Morgan fingerprint density at radius 3 is 1.45 bits per heavy atom. The van der Waals surface area contributed by atoms with Gasteiger partial charge in [-0.1, -0.05) is 6.42 Å². The summed E-state index contributed by atoms with van der Waals surface area (Å²) in [6.07, 6.45) is 2.78. The monoisotopic (exact) mass is 491 g/mol. The minimum absolute atomic E-state index is 0.104. The summed E-state index contributed by atoms with van der Waals surface area (Å²) < 4.78 is 47.3. The molecule has 11 nitrogen and oxygen atoms in total. The van der Waals surface area contributed by atoms with Crippen molar-refractivity contribution >= 4 is 41.1 Å². The van der Waals surface area contributed by atoms with E-state index in [1.165, 1.54) is 28.6 Å². The van der Waals surface area contributed by atoms with Crippen molar-refractivity contribution in [2.45, 2.75) is 29.1 Å². The Bertz CT molecular complexity index is 1140. The van der Waals surface area contributed by atoms with Gasteiger partial charge in [-0.2, -0.15) is 4.31 Å². The number of benzene rings is 2. The molecule has 2 aromatic carbocycles. The number of non-ortho nitro benzene ring substituents is 2. The Hall–Kier alpha value is -2.61. The lowest BCUT2D eigenvalue weighted by Gasteiger charge is -2.25. The molecule has 0 N–H and O–H groups in total. The molecule has 0 amide bonds. The van der Waals surface area contributed by atoms with Gasteiger partial charge in [0.05, 0.1) is 19.6 Å². The van der Waals surface area contributed by atoms with Crippen LogP contribution in [0.2, 0.25) is 0 Å². The lowest BCUT2D eigenvalue weighted by molar-refractivity contribution is -0.385. The van der Waals surface area contributed by atoms with Gasteiger partial charge in [0.1, 0.15) is 0 Å². The fourth-order valence-corrected chi connectivity index (χ4v) is 5.01. The van der Waals surface area contributed by atoms with Crippen molar-refractivity contribution in [1.29, 1.82) is 0 Å². The van der Waals surface area contributed by atoms with E-state index in [0.29, 0.717) is 13.1 Å². The lowest BCUT2D eigenvalue weighted by atomic mass is 10.2. The van der Waals surface area contributed by atoms with Crippen molar-refractivity contribution in [1.82, 2.24) is 4.31 Å². The third-order valence-electron chi connectivity index (χ3n) is 4.33. The fourth-order valence-electron chi connectivity index (χ4n) is 2.72. The summed E-state index contributed by atoms with van der Waals surface area (Å²) in [5.41, 5.74) is -0.281. The van der Waals surface area contributed by atoms with Crippen LogP contribution < -0.4 is 0 Å². The van der Waals surface area contributed by atoms with Crippen molar-refractivity contribution in [2.75, 3.05) is 13.1 Å². The minimum atomic E-state index is -3.80. The summed E-state index contributed by atoms with van der Waals surface area (Å²) in [6.45, 7) is 1.05. The molecule has 31 heavy (non-hydrogen) atoms. The van der Waals surface area contributed by atoms with Gasteiger partial charge in [0, 0.05) is 48.0 Å². The summed E-state index contributed by atoms with van der Waals surface area (Å²) in [4.78, 5) is 19.5. The van der Waals surface area contributed by atoms with Gasteiger partial charge < -0.3 is 0 Å². The van der Waals surface area contributed by atoms with Crippen LogP contribution in [0.25, 0.3) is 0 Å². The van der Waals surface area contributed by atoms with E-state index in [1.807, 2.05) is 0 Å². The number of nitro groups is 2. The van der Waals surface area contributed by atoms with E-state index in [-0.39, 0.29) is 21.2 Å². The summed E-state index contributed by atoms with van der Waals surface area (Å²) >= 11 is 0. The van der Waals surface area contributed by atoms with Crippen LogP contribution >= 0.6 is 10.7 Å². The molecule has 0 saturated carbocycles. The topological polar surface area (TPSA) is 158 Å². The van der Waals surface area contributed by atoms with Crippen molar-refractivity contribution in [3.63, 3.8) is 0 Å². The number of sulfonamides is 1. The Kier molecular flexibility index (Phi) is 8.06. The standard InChI is InChI=1S/C11H14N2O4S.C6H4ClNO4S/c14-13(15)10-4-6-11(7-5-10)18(16,17)12-8-2-1-3-9-12;7-13(11,12)6-3-1-5(2-4-6)8(9)10/h4-7H,1-3,8-9H2;1-4H. The molecule has 1 saturated heterocycles. The first-order valence-corrected chi connectivity index (χ1v) is 12.6. The molecule has 0 bridgehead atoms. The number of rotatable bonds is 5. The average molecular weight is 492 g/mol. The van der Waals surface area contributed by atoms with E-state index in [2.05, 4.69) is 0 Å². The highest BCUT2D eigenvalue weighted by Crippen LogP contribution is 2.22. The minimum Gasteiger partial charge on any atom is -0.258 e. The molecule has 1 aliphatic heterocycles. The number of hydrogen-bond acceptors (Lipinski definition) is 8. The maximum Gasteiger partial charge on any atom is 0.269 e. The maximum absolute atomic E-state index is 12.2. The lowest BCUT2D eigenvalue weighted by Crippen LogP contribution is -2.35. The van der Waals surface area contributed by atoms with Gasteiger partial charge in [-0.25, -0.2) is 16.8 Å². The molecule has 1 fully saturated rings. The summed E-state index contributed by atoms with van der Waals surface area (Å²) in [5, 5.41) is 20.7. The van der Waals surface area contributed by atoms with Crippen LogP contribution in [-0.2, 0) is 19.1 Å². The molecule has 0 unspecified atom stereocenters. The molecule has 14 heteroatoms. The van der Waals surface area contributed by atoms with Gasteiger partial charge in [-0.15, -0.1) is 0 Å². The first-order valence-electron chi connectivity index (χ1n) is 8.86. The van der Waals surface area contributed by atoms with Crippen LogP contribution in [0.5, 0.6) is 0 Å². The maximum atomic E-state index is 12.2. The smallest absolute Gasteiger partial charge is 0.258 e. The van der Waals surface area contributed by atoms with E-state index in [1.54, 1.807) is 0 Å². The van der Waals surface area contributed by atoms with Gasteiger partial charge in [-0.3, -0.25) is 20.2 Å². The molecular formula is C17H18ClN3O8S2. The van der Waals surface area contributed by atoms with Crippen molar-refractivity contribution < 1.29 is 26.7 Å². The predicted octanol–water partition coefficient (Wildman–Crippen LogP) is 3.29. The molecule has 0 spiro atoms. The SMILES string of the molecule is O=[N+]([O-])c1ccc(S(=O)(=O)Cl)cc1.O=[N+]([O-])c1ccc(S(=O)(=O)N2CCCCC2)cc1. The highest BCUT2D eigenvalue weighted by Gasteiger charge is 2.26. The molecule has 168 valence electrons. The number of nitro benzene ring substituents is 2. The van der Waals surface area contributed by atoms with Crippen LogP contribution in [0.15, 0.2) is 58.3 Å². The summed E-state index contributed by atoms with van der Waals surface area (Å²) in [6, 6.07) is 9.35. The molecule has 2 aromatic rings. The molecular weight excluding hydrogens is 474 g/mol. The zero-order valence-electron chi connectivity index (χ0n) is 16.0. The second kappa shape index (κ2) is 10.1. The third kappa shape index (κ3) is 6.69. The normalized spacial score (nSPS) is 14.9. The second-order valence-electron chi connectivity index (χ2n) is 6.40. The van der Waals surface area contributed by atoms with Crippen LogP contribution in [0.1, 0.15) is 19.3 Å². The van der Waals surface area contributed by atoms with Gasteiger partial charge in [0.15, 0.2) is 0 Å².